The lowest BCUT2D eigenvalue weighted by Crippen LogP contribution is -2.20. The second-order valence-corrected chi connectivity index (χ2v) is 8.73. The number of hydrogen-bond acceptors (Lipinski definition) is 6. The summed E-state index contributed by atoms with van der Waals surface area (Å²) in [7, 11) is -2.09. The lowest BCUT2D eigenvalue weighted by Gasteiger charge is -2.06. The summed E-state index contributed by atoms with van der Waals surface area (Å²) >= 11 is 1.21. The van der Waals surface area contributed by atoms with Crippen LogP contribution in [-0.2, 0) is 28.4 Å². The summed E-state index contributed by atoms with van der Waals surface area (Å²) in [4.78, 5) is 17.3. The molecule has 2 aromatic heterocycles. The molecule has 0 aliphatic heterocycles. The third-order valence-electron chi connectivity index (χ3n) is 4.06. The van der Waals surface area contributed by atoms with E-state index in [1.165, 1.54) is 23.5 Å². The van der Waals surface area contributed by atoms with Gasteiger partial charge in [-0.3, -0.25) is 9.48 Å². The van der Waals surface area contributed by atoms with Crippen LogP contribution >= 0.6 is 11.3 Å². The molecular formula is C17H21N5O4S2. The fourth-order valence-electron chi connectivity index (χ4n) is 2.79. The fraction of sp³-hybridized carbons (Fsp3) is 0.353. The molecule has 0 atom stereocenters. The number of rotatable bonds is 6. The van der Waals surface area contributed by atoms with Crippen molar-refractivity contribution in [3.05, 3.63) is 40.5 Å². The molecular weight excluding hydrogens is 402 g/mol. The second kappa shape index (κ2) is 7.95. The van der Waals surface area contributed by atoms with Gasteiger partial charge in [-0.2, -0.15) is 10.1 Å². The minimum atomic E-state index is -3.83. The Morgan fingerprint density at radius 1 is 1.39 bits per heavy atom. The number of fused-ring (bicyclic) bond motifs is 1. The Kier molecular flexibility index (Phi) is 5.79. The average molecular weight is 424 g/mol. The van der Waals surface area contributed by atoms with Crippen LogP contribution in [-0.4, -0.2) is 41.9 Å². The largest absolute Gasteiger partial charge is 0.380 e. The lowest BCUT2D eigenvalue weighted by atomic mass is 10.3. The van der Waals surface area contributed by atoms with Gasteiger partial charge in [0.2, 0.25) is 10.0 Å². The maximum Gasteiger partial charge on any atom is 0.300 e. The Hall–Kier alpha value is -2.34. The second-order valence-electron chi connectivity index (χ2n) is 6.16. The number of sulfonamides is 1. The van der Waals surface area contributed by atoms with E-state index < -0.39 is 15.9 Å². The van der Waals surface area contributed by atoms with Crippen molar-refractivity contribution in [1.82, 2.24) is 14.3 Å². The third-order valence-corrected chi connectivity index (χ3v) is 6.01. The van der Waals surface area contributed by atoms with Crippen molar-refractivity contribution in [3.63, 3.8) is 0 Å². The first-order valence-corrected chi connectivity index (χ1v) is 10.9. The Morgan fingerprint density at radius 3 is 2.75 bits per heavy atom. The molecule has 11 heteroatoms. The summed E-state index contributed by atoms with van der Waals surface area (Å²) in [6.45, 7) is 5.16. The number of carbonyl (C=O) groups is 1. The van der Waals surface area contributed by atoms with Crippen LogP contribution in [0.1, 0.15) is 23.0 Å². The highest BCUT2D eigenvalue weighted by Crippen LogP contribution is 2.21. The summed E-state index contributed by atoms with van der Waals surface area (Å²) in [5, 5.41) is 9.39. The van der Waals surface area contributed by atoms with Crippen LogP contribution < -0.4 is 9.94 Å². The van der Waals surface area contributed by atoms with Crippen LogP contribution in [0.2, 0.25) is 0 Å². The van der Waals surface area contributed by atoms with Gasteiger partial charge in [0.05, 0.1) is 21.7 Å². The monoisotopic (exact) mass is 423 g/mol. The van der Waals surface area contributed by atoms with Gasteiger partial charge in [0, 0.05) is 32.0 Å². The summed E-state index contributed by atoms with van der Waals surface area (Å²) < 4.78 is 32.8. The molecule has 3 aromatic rings. The van der Waals surface area contributed by atoms with Gasteiger partial charge < -0.3 is 9.30 Å². The highest BCUT2D eigenvalue weighted by atomic mass is 32.2. The molecule has 0 unspecified atom stereocenters. The number of nitrogens with zero attached hydrogens (tertiary/aromatic N) is 4. The fourth-order valence-corrected chi connectivity index (χ4v) is 4.50. The number of aromatic nitrogens is 3. The van der Waals surface area contributed by atoms with Gasteiger partial charge in [-0.1, -0.05) is 11.3 Å². The maximum absolute atomic E-state index is 12.6. The van der Waals surface area contributed by atoms with Gasteiger partial charge in [0.1, 0.15) is 0 Å². The van der Waals surface area contributed by atoms with Gasteiger partial charge >= 0.3 is 0 Å². The van der Waals surface area contributed by atoms with Crippen molar-refractivity contribution in [1.29, 1.82) is 0 Å². The lowest BCUT2D eigenvalue weighted by molar-refractivity contribution is 0.0990. The molecule has 0 spiro atoms. The van der Waals surface area contributed by atoms with Crippen molar-refractivity contribution in [2.75, 3.05) is 13.2 Å². The molecule has 3 rings (SSSR count). The molecule has 1 aromatic carbocycles. The zero-order valence-corrected chi connectivity index (χ0v) is 17.4. The average Bonchev–Trinajstić information content (AvgIpc) is 3.13. The van der Waals surface area contributed by atoms with Crippen molar-refractivity contribution in [2.45, 2.75) is 25.3 Å². The molecule has 0 saturated carbocycles. The van der Waals surface area contributed by atoms with Crippen molar-refractivity contribution in [3.8, 4) is 0 Å². The predicted molar refractivity (Wildman–Crippen MR) is 106 cm³/mol. The molecule has 150 valence electrons. The predicted octanol–water partition coefficient (Wildman–Crippen LogP) is 1.17. The van der Waals surface area contributed by atoms with E-state index in [0.29, 0.717) is 29.3 Å². The van der Waals surface area contributed by atoms with Crippen LogP contribution in [0.15, 0.2) is 34.3 Å². The van der Waals surface area contributed by atoms with Gasteiger partial charge in [0.15, 0.2) is 10.5 Å². The van der Waals surface area contributed by atoms with E-state index in [1.54, 1.807) is 30.9 Å². The highest BCUT2D eigenvalue weighted by molar-refractivity contribution is 7.89. The smallest absolute Gasteiger partial charge is 0.300 e. The van der Waals surface area contributed by atoms with E-state index in [4.69, 9.17) is 9.88 Å². The zero-order chi connectivity index (χ0) is 20.5. The topological polar surface area (TPSA) is 122 Å². The first kappa shape index (κ1) is 20.4. The summed E-state index contributed by atoms with van der Waals surface area (Å²) in [5.74, 6) is -0.457. The highest BCUT2D eigenvalue weighted by Gasteiger charge is 2.16. The number of thiazole rings is 1. The first-order chi connectivity index (χ1) is 13.2. The van der Waals surface area contributed by atoms with E-state index in [1.807, 2.05) is 11.5 Å². The first-order valence-electron chi connectivity index (χ1n) is 8.54. The standard InChI is InChI=1S/C17H21N5O4S2/c1-4-26-8-7-22-13-6-5-12(28(18,24)25)9-14(13)27-17(22)19-16(23)15-11(2)10-21(3)20-15/h5-6,9-10H,4,7-8H2,1-3H3,(H2,18,24,25). The Bertz CT molecular complexity index is 1200. The minimum Gasteiger partial charge on any atom is -0.380 e. The van der Waals surface area contributed by atoms with Crippen LogP contribution in [0.25, 0.3) is 10.2 Å². The SMILES string of the molecule is CCOCCn1c(=NC(=O)c2nn(C)cc2C)sc2cc(S(N)(=O)=O)ccc21. The Labute approximate surface area is 166 Å². The van der Waals surface area contributed by atoms with E-state index in [9.17, 15) is 13.2 Å². The summed E-state index contributed by atoms with van der Waals surface area (Å²) in [6.07, 6.45) is 1.75. The number of hydrogen-bond donors (Lipinski definition) is 1. The zero-order valence-electron chi connectivity index (χ0n) is 15.7. The van der Waals surface area contributed by atoms with E-state index in [0.717, 1.165) is 11.1 Å². The van der Waals surface area contributed by atoms with Gasteiger partial charge in [-0.15, -0.1) is 0 Å². The minimum absolute atomic E-state index is 0.0108. The molecule has 2 N–H and O–H groups in total. The number of primary sulfonamides is 1. The Morgan fingerprint density at radius 2 is 2.14 bits per heavy atom. The number of ether oxygens (including phenoxy) is 1. The van der Waals surface area contributed by atoms with Gasteiger partial charge in [0.25, 0.3) is 5.91 Å². The Balaban J connectivity index is 2.14. The molecule has 28 heavy (non-hydrogen) atoms. The van der Waals surface area contributed by atoms with E-state index in [-0.39, 0.29) is 10.6 Å². The molecule has 0 radical (unpaired) electrons. The van der Waals surface area contributed by atoms with E-state index >= 15 is 0 Å². The maximum atomic E-state index is 12.6. The van der Waals surface area contributed by atoms with Gasteiger partial charge in [-0.05, 0) is 32.0 Å². The molecule has 1 amide bonds. The normalized spacial score (nSPS) is 12.8. The number of aryl methyl sites for hydroxylation is 2. The molecule has 0 bridgehead atoms. The summed E-state index contributed by atoms with van der Waals surface area (Å²) in [5.41, 5.74) is 1.76. The van der Waals surface area contributed by atoms with E-state index in [2.05, 4.69) is 10.1 Å². The van der Waals surface area contributed by atoms with Gasteiger partial charge in [-0.25, -0.2) is 13.6 Å². The number of carbonyl (C=O) groups excluding carboxylic acids is 1. The molecule has 0 aliphatic carbocycles. The van der Waals surface area contributed by atoms with Crippen molar-refractivity contribution < 1.29 is 17.9 Å². The van der Waals surface area contributed by atoms with Crippen molar-refractivity contribution in [2.24, 2.45) is 17.2 Å². The van der Waals surface area contributed by atoms with Crippen molar-refractivity contribution >= 4 is 37.5 Å². The molecule has 0 fully saturated rings. The van der Waals surface area contributed by atoms with Crippen LogP contribution in [0.4, 0.5) is 0 Å². The summed E-state index contributed by atoms with van der Waals surface area (Å²) in [6, 6.07) is 4.59. The number of benzene rings is 1. The number of nitrogens with two attached hydrogens (primary N) is 1. The van der Waals surface area contributed by atoms with Crippen LogP contribution in [0.5, 0.6) is 0 Å². The number of amides is 1. The molecule has 0 saturated heterocycles. The quantitative estimate of drug-likeness (QED) is 0.597. The van der Waals surface area contributed by atoms with Crippen LogP contribution in [0.3, 0.4) is 0 Å². The third kappa shape index (κ3) is 4.22. The van der Waals surface area contributed by atoms with Crippen LogP contribution in [0, 0.1) is 6.92 Å². The molecule has 2 heterocycles. The molecule has 0 aliphatic rings. The molecule has 9 nitrogen and oxygen atoms in total.